The fourth-order valence-corrected chi connectivity index (χ4v) is 3.11. The summed E-state index contributed by atoms with van der Waals surface area (Å²) < 4.78 is 28.8. The van der Waals surface area contributed by atoms with E-state index < -0.39 is 18.1 Å². The lowest BCUT2D eigenvalue weighted by Gasteiger charge is -2.26. The van der Waals surface area contributed by atoms with E-state index in [9.17, 15) is 13.9 Å². The van der Waals surface area contributed by atoms with Crippen LogP contribution in [0.2, 0.25) is 0 Å². The van der Waals surface area contributed by atoms with Crippen LogP contribution in [0.15, 0.2) is 79.0 Å². The molecule has 4 rings (SSSR count). The lowest BCUT2D eigenvalue weighted by atomic mass is 9.87. The van der Waals surface area contributed by atoms with Gasteiger partial charge in [-0.15, -0.1) is 0 Å². The maximum absolute atomic E-state index is 13.8. The van der Waals surface area contributed by atoms with Crippen LogP contribution >= 0.6 is 0 Å². The number of para-hydroxylation sites is 1. The maximum Gasteiger partial charge on any atom is 0.143 e. The van der Waals surface area contributed by atoms with E-state index in [1.54, 1.807) is 29.1 Å². The van der Waals surface area contributed by atoms with E-state index in [-0.39, 0.29) is 0 Å². The topological polar surface area (TPSA) is 38.1 Å². The Bertz CT molecular complexity index is 1040. The second-order valence-corrected chi connectivity index (χ2v) is 6.17. The first-order valence-electron chi connectivity index (χ1n) is 8.20. The number of nitrogens with zero attached hydrogens (tertiary/aromatic N) is 2. The van der Waals surface area contributed by atoms with Crippen molar-refractivity contribution in [1.82, 2.24) is 9.78 Å². The van der Waals surface area contributed by atoms with Crippen molar-refractivity contribution < 1.29 is 13.9 Å². The smallest absolute Gasteiger partial charge is 0.143 e. The Hall–Kier alpha value is -3.05. The SMILES string of the molecule is OC(CF)(c1ccc(F)cc1)c1ccc2c(cnn2-c2ccccc2)c1. The molecule has 0 saturated carbocycles. The number of halogens is 2. The van der Waals surface area contributed by atoms with Crippen LogP contribution in [-0.2, 0) is 5.60 Å². The molecule has 26 heavy (non-hydrogen) atoms. The molecule has 1 unspecified atom stereocenters. The average Bonchev–Trinajstić information content (AvgIpc) is 3.12. The van der Waals surface area contributed by atoms with Crippen molar-refractivity contribution in [3.05, 3.63) is 95.9 Å². The van der Waals surface area contributed by atoms with Crippen molar-refractivity contribution in [1.29, 1.82) is 0 Å². The highest BCUT2D eigenvalue weighted by Gasteiger charge is 2.32. The van der Waals surface area contributed by atoms with Crippen LogP contribution in [0.3, 0.4) is 0 Å². The summed E-state index contributed by atoms with van der Waals surface area (Å²) in [5, 5.41) is 16.1. The number of hydrogen-bond donors (Lipinski definition) is 1. The number of fused-ring (bicyclic) bond motifs is 1. The summed E-state index contributed by atoms with van der Waals surface area (Å²) in [6.07, 6.45) is 1.68. The minimum atomic E-state index is -1.84. The molecule has 1 heterocycles. The first-order valence-corrected chi connectivity index (χ1v) is 8.20. The number of hydrogen-bond acceptors (Lipinski definition) is 2. The zero-order chi connectivity index (χ0) is 18.1. The van der Waals surface area contributed by atoms with Gasteiger partial charge in [-0.25, -0.2) is 13.5 Å². The molecular formula is C21H16F2N2O. The van der Waals surface area contributed by atoms with Gasteiger partial charge in [-0.2, -0.15) is 5.10 Å². The lowest BCUT2D eigenvalue weighted by molar-refractivity contribution is 0.0519. The van der Waals surface area contributed by atoms with Crippen LogP contribution in [0.1, 0.15) is 11.1 Å². The van der Waals surface area contributed by atoms with Gasteiger partial charge in [0, 0.05) is 5.39 Å². The van der Waals surface area contributed by atoms with Crippen LogP contribution in [-0.4, -0.2) is 21.6 Å². The minimum Gasteiger partial charge on any atom is -0.378 e. The van der Waals surface area contributed by atoms with Gasteiger partial charge in [0.1, 0.15) is 18.1 Å². The summed E-state index contributed by atoms with van der Waals surface area (Å²) in [7, 11) is 0. The Morgan fingerprint density at radius 2 is 1.62 bits per heavy atom. The van der Waals surface area contributed by atoms with Crippen molar-refractivity contribution >= 4 is 10.9 Å². The van der Waals surface area contributed by atoms with Gasteiger partial charge in [-0.1, -0.05) is 36.4 Å². The molecule has 0 bridgehead atoms. The monoisotopic (exact) mass is 350 g/mol. The van der Waals surface area contributed by atoms with E-state index in [0.717, 1.165) is 16.6 Å². The molecule has 3 nitrogen and oxygen atoms in total. The predicted octanol–water partition coefficient (Wildman–Crippen LogP) is 4.37. The largest absolute Gasteiger partial charge is 0.378 e. The second kappa shape index (κ2) is 6.35. The summed E-state index contributed by atoms with van der Waals surface area (Å²) in [5.41, 5.74) is 0.620. The Labute approximate surface area is 149 Å². The van der Waals surface area contributed by atoms with Gasteiger partial charge in [0.05, 0.1) is 17.4 Å². The van der Waals surface area contributed by atoms with E-state index in [1.807, 2.05) is 30.3 Å². The van der Waals surface area contributed by atoms with Crippen LogP contribution in [0, 0.1) is 5.82 Å². The zero-order valence-corrected chi connectivity index (χ0v) is 13.8. The van der Waals surface area contributed by atoms with Crippen molar-refractivity contribution in [3.63, 3.8) is 0 Å². The highest BCUT2D eigenvalue weighted by Crippen LogP contribution is 2.32. The molecule has 0 spiro atoms. The Balaban J connectivity index is 1.81. The van der Waals surface area contributed by atoms with Crippen LogP contribution in [0.25, 0.3) is 16.6 Å². The number of aliphatic hydroxyl groups is 1. The van der Waals surface area contributed by atoms with Gasteiger partial charge in [0.25, 0.3) is 0 Å². The lowest BCUT2D eigenvalue weighted by Crippen LogP contribution is -2.29. The Morgan fingerprint density at radius 1 is 0.923 bits per heavy atom. The number of benzene rings is 3. The molecule has 0 radical (unpaired) electrons. The molecule has 5 heteroatoms. The van der Waals surface area contributed by atoms with E-state index >= 15 is 0 Å². The third-order valence-corrected chi connectivity index (χ3v) is 4.56. The highest BCUT2D eigenvalue weighted by atomic mass is 19.1. The summed E-state index contributed by atoms with van der Waals surface area (Å²) in [6, 6.07) is 20.1. The first kappa shape index (κ1) is 16.4. The molecule has 0 aliphatic carbocycles. The first-order chi connectivity index (χ1) is 12.6. The molecule has 0 amide bonds. The minimum absolute atomic E-state index is 0.302. The number of alkyl halides is 1. The Morgan fingerprint density at radius 3 is 2.31 bits per heavy atom. The van der Waals surface area contributed by atoms with Crippen molar-refractivity contribution in [2.24, 2.45) is 0 Å². The zero-order valence-electron chi connectivity index (χ0n) is 13.8. The molecule has 0 fully saturated rings. The quantitative estimate of drug-likeness (QED) is 0.593. The molecule has 1 aromatic heterocycles. The molecule has 0 saturated heterocycles. The second-order valence-electron chi connectivity index (χ2n) is 6.17. The number of aromatic nitrogens is 2. The molecular weight excluding hydrogens is 334 g/mol. The predicted molar refractivity (Wildman–Crippen MR) is 96.4 cm³/mol. The van der Waals surface area contributed by atoms with E-state index in [2.05, 4.69) is 5.10 Å². The third-order valence-electron chi connectivity index (χ3n) is 4.56. The van der Waals surface area contributed by atoms with Gasteiger partial charge in [0.15, 0.2) is 0 Å². The highest BCUT2D eigenvalue weighted by molar-refractivity contribution is 5.81. The van der Waals surface area contributed by atoms with Gasteiger partial charge >= 0.3 is 0 Å². The van der Waals surface area contributed by atoms with E-state index in [1.165, 1.54) is 24.3 Å². The van der Waals surface area contributed by atoms with Crippen LogP contribution in [0.5, 0.6) is 0 Å². The van der Waals surface area contributed by atoms with Gasteiger partial charge in [-0.05, 0) is 47.5 Å². The van der Waals surface area contributed by atoms with Gasteiger partial charge < -0.3 is 5.11 Å². The fourth-order valence-electron chi connectivity index (χ4n) is 3.11. The Kier molecular flexibility index (Phi) is 4.01. The molecule has 0 aliphatic heterocycles. The van der Waals surface area contributed by atoms with E-state index in [4.69, 9.17) is 0 Å². The van der Waals surface area contributed by atoms with Crippen molar-refractivity contribution in [2.75, 3.05) is 6.67 Å². The van der Waals surface area contributed by atoms with Gasteiger partial charge in [0.2, 0.25) is 0 Å². The van der Waals surface area contributed by atoms with Crippen molar-refractivity contribution in [2.45, 2.75) is 5.60 Å². The molecule has 1 atom stereocenters. The summed E-state index contributed by atoms with van der Waals surface area (Å²) in [5.74, 6) is -0.436. The molecule has 0 aliphatic rings. The number of rotatable bonds is 4. The van der Waals surface area contributed by atoms with Gasteiger partial charge in [-0.3, -0.25) is 0 Å². The van der Waals surface area contributed by atoms with Crippen LogP contribution in [0.4, 0.5) is 8.78 Å². The molecule has 3 aromatic carbocycles. The summed E-state index contributed by atoms with van der Waals surface area (Å²) >= 11 is 0. The summed E-state index contributed by atoms with van der Waals surface area (Å²) in [4.78, 5) is 0. The molecule has 4 aromatic rings. The van der Waals surface area contributed by atoms with Crippen LogP contribution < -0.4 is 0 Å². The molecule has 130 valence electrons. The fraction of sp³-hybridized carbons (Fsp3) is 0.0952. The average molecular weight is 350 g/mol. The standard InChI is InChI=1S/C21H16F2N2O/c22-14-21(26,16-6-9-18(23)10-7-16)17-8-11-20-15(12-17)13-24-25(20)19-4-2-1-3-5-19/h1-13,26H,14H2. The third kappa shape index (κ3) is 2.66. The summed E-state index contributed by atoms with van der Waals surface area (Å²) in [6.45, 7) is -1.02. The maximum atomic E-state index is 13.8. The van der Waals surface area contributed by atoms with Crippen molar-refractivity contribution in [3.8, 4) is 5.69 Å². The molecule has 1 N–H and O–H groups in total. The van der Waals surface area contributed by atoms with E-state index in [0.29, 0.717) is 11.1 Å². The normalized spacial score (nSPS) is 13.7.